The number of nitro groups is 1. The second-order valence-corrected chi connectivity index (χ2v) is 7.91. The van der Waals surface area contributed by atoms with Gasteiger partial charge in [-0.15, -0.1) is 11.3 Å². The lowest BCUT2D eigenvalue weighted by Crippen LogP contribution is -2.29. The average Bonchev–Trinajstić information content (AvgIpc) is 2.90. The maximum Gasteiger partial charge on any atom is 0.294 e. The van der Waals surface area contributed by atoms with Crippen LogP contribution in [0.1, 0.15) is 45.0 Å². The molecule has 0 aliphatic carbocycles. The van der Waals surface area contributed by atoms with E-state index in [9.17, 15) is 10.1 Å². The molecule has 1 saturated heterocycles. The van der Waals surface area contributed by atoms with Crippen LogP contribution in [0.5, 0.6) is 0 Å². The highest BCUT2D eigenvalue weighted by Gasteiger charge is 2.25. The Kier molecular flexibility index (Phi) is 3.80. The third-order valence-electron chi connectivity index (χ3n) is 4.02. The van der Waals surface area contributed by atoms with E-state index in [1.807, 2.05) is 6.07 Å². The zero-order valence-electron chi connectivity index (χ0n) is 13.3. The lowest BCUT2D eigenvalue weighted by Gasteiger charge is -2.28. The van der Waals surface area contributed by atoms with Crippen molar-refractivity contribution in [2.45, 2.75) is 45.4 Å². The number of fused-ring (bicyclic) bond motifs is 1. The van der Waals surface area contributed by atoms with Crippen molar-refractivity contribution in [3.8, 4) is 0 Å². The first kappa shape index (κ1) is 15.2. The third-order valence-corrected chi connectivity index (χ3v) is 5.46. The quantitative estimate of drug-likeness (QED) is 0.604. The van der Waals surface area contributed by atoms with Gasteiger partial charge in [-0.1, -0.05) is 20.8 Å². The van der Waals surface area contributed by atoms with Crippen LogP contribution in [-0.4, -0.2) is 23.0 Å². The summed E-state index contributed by atoms with van der Waals surface area (Å²) in [5.74, 6) is 0. The number of nitrogens with zero attached hydrogens (tertiary/aromatic N) is 3. The van der Waals surface area contributed by atoms with Gasteiger partial charge in [-0.25, -0.2) is 4.98 Å². The Morgan fingerprint density at radius 2 is 1.91 bits per heavy atom. The van der Waals surface area contributed by atoms with E-state index < -0.39 is 0 Å². The van der Waals surface area contributed by atoms with Crippen LogP contribution in [0.2, 0.25) is 0 Å². The fourth-order valence-electron chi connectivity index (χ4n) is 2.81. The maximum absolute atomic E-state index is 11.5. The van der Waals surface area contributed by atoms with Gasteiger partial charge in [0, 0.05) is 24.6 Å². The number of benzene rings is 1. The van der Waals surface area contributed by atoms with E-state index >= 15 is 0 Å². The van der Waals surface area contributed by atoms with Crippen molar-refractivity contribution in [1.29, 1.82) is 0 Å². The second-order valence-electron chi connectivity index (χ2n) is 6.88. The van der Waals surface area contributed by atoms with Crippen LogP contribution in [0.3, 0.4) is 0 Å². The summed E-state index contributed by atoms with van der Waals surface area (Å²) < 4.78 is 0.900. The number of thiazole rings is 1. The van der Waals surface area contributed by atoms with Gasteiger partial charge in [-0.3, -0.25) is 10.1 Å². The van der Waals surface area contributed by atoms with Gasteiger partial charge in [-0.2, -0.15) is 0 Å². The van der Waals surface area contributed by atoms with Crippen LogP contribution < -0.4 is 4.90 Å². The number of nitro benzene ring substituents is 1. The van der Waals surface area contributed by atoms with Crippen LogP contribution in [0.15, 0.2) is 12.1 Å². The molecule has 2 aromatic rings. The number of piperidine rings is 1. The van der Waals surface area contributed by atoms with Gasteiger partial charge in [0.25, 0.3) is 5.69 Å². The molecule has 0 saturated carbocycles. The van der Waals surface area contributed by atoms with Crippen LogP contribution in [-0.2, 0) is 5.41 Å². The maximum atomic E-state index is 11.5. The molecule has 1 aliphatic heterocycles. The smallest absolute Gasteiger partial charge is 0.294 e. The minimum Gasteiger partial charge on any atom is -0.366 e. The van der Waals surface area contributed by atoms with Gasteiger partial charge in [0.2, 0.25) is 0 Å². The molecule has 2 heterocycles. The van der Waals surface area contributed by atoms with Gasteiger partial charge < -0.3 is 4.90 Å². The summed E-state index contributed by atoms with van der Waals surface area (Å²) in [6, 6.07) is 3.61. The molecule has 118 valence electrons. The second kappa shape index (κ2) is 5.50. The molecule has 0 atom stereocenters. The number of hydrogen-bond donors (Lipinski definition) is 0. The van der Waals surface area contributed by atoms with Crippen molar-refractivity contribution in [2.24, 2.45) is 0 Å². The average molecular weight is 319 g/mol. The van der Waals surface area contributed by atoms with Crippen molar-refractivity contribution in [2.75, 3.05) is 18.0 Å². The van der Waals surface area contributed by atoms with Gasteiger partial charge in [-0.05, 0) is 25.3 Å². The predicted octanol–water partition coefficient (Wildman–Crippen LogP) is 4.49. The molecule has 0 N–H and O–H groups in total. The molecule has 6 heteroatoms. The fourth-order valence-corrected chi connectivity index (χ4v) is 3.85. The topological polar surface area (TPSA) is 59.3 Å². The number of aromatic nitrogens is 1. The van der Waals surface area contributed by atoms with Crippen molar-refractivity contribution < 1.29 is 4.92 Å². The molecule has 0 amide bonds. The van der Waals surface area contributed by atoms with Crippen LogP contribution in [0, 0.1) is 10.1 Å². The van der Waals surface area contributed by atoms with E-state index in [0.29, 0.717) is 0 Å². The standard InChI is InChI=1S/C16H21N3O2S/c1-16(2,3)15-17-11-9-12(18-7-5-4-6-8-18)13(19(20)21)10-14(11)22-15/h9-10H,4-8H2,1-3H3. The summed E-state index contributed by atoms with van der Waals surface area (Å²) in [5.41, 5.74) is 1.77. The Bertz CT molecular complexity index is 712. The van der Waals surface area contributed by atoms with Gasteiger partial charge in [0.05, 0.1) is 20.1 Å². The van der Waals surface area contributed by atoms with Gasteiger partial charge in [0.15, 0.2) is 0 Å². The van der Waals surface area contributed by atoms with Gasteiger partial charge >= 0.3 is 0 Å². The molecule has 0 bridgehead atoms. The molecule has 3 rings (SSSR count). The largest absolute Gasteiger partial charge is 0.366 e. The predicted molar refractivity (Wildman–Crippen MR) is 91.0 cm³/mol. The van der Waals surface area contributed by atoms with E-state index in [1.54, 1.807) is 17.4 Å². The minimum atomic E-state index is -0.264. The van der Waals surface area contributed by atoms with Gasteiger partial charge in [0.1, 0.15) is 5.69 Å². The monoisotopic (exact) mass is 319 g/mol. The molecular weight excluding hydrogens is 298 g/mol. The summed E-state index contributed by atoms with van der Waals surface area (Å²) in [4.78, 5) is 18.1. The molecular formula is C16H21N3O2S. The van der Waals surface area contributed by atoms with Crippen LogP contribution in [0.4, 0.5) is 11.4 Å². The molecule has 1 fully saturated rings. The van der Waals surface area contributed by atoms with Crippen molar-refractivity contribution >= 4 is 32.9 Å². The first-order valence-corrected chi connectivity index (χ1v) is 8.52. The molecule has 22 heavy (non-hydrogen) atoms. The van der Waals surface area contributed by atoms with E-state index in [2.05, 4.69) is 25.7 Å². The molecule has 0 spiro atoms. The Morgan fingerprint density at radius 1 is 1.23 bits per heavy atom. The molecule has 1 aromatic heterocycles. The summed E-state index contributed by atoms with van der Waals surface area (Å²) >= 11 is 1.56. The summed E-state index contributed by atoms with van der Waals surface area (Å²) in [6.07, 6.45) is 3.40. The van der Waals surface area contributed by atoms with E-state index in [-0.39, 0.29) is 16.0 Å². The molecule has 5 nitrogen and oxygen atoms in total. The minimum absolute atomic E-state index is 0.0379. The molecule has 0 radical (unpaired) electrons. The lowest BCUT2D eigenvalue weighted by atomic mass is 9.98. The fraction of sp³-hybridized carbons (Fsp3) is 0.562. The summed E-state index contributed by atoms with van der Waals surface area (Å²) in [7, 11) is 0. The van der Waals surface area contributed by atoms with Crippen molar-refractivity contribution in [3.63, 3.8) is 0 Å². The SMILES string of the molecule is CC(C)(C)c1nc2cc(N3CCCCC3)c([N+](=O)[O-])cc2s1. The van der Waals surface area contributed by atoms with Crippen molar-refractivity contribution in [1.82, 2.24) is 4.98 Å². The Morgan fingerprint density at radius 3 is 2.50 bits per heavy atom. The number of anilines is 1. The van der Waals surface area contributed by atoms with E-state index in [1.165, 1.54) is 6.42 Å². The Labute approximate surface area is 134 Å². The van der Waals surface area contributed by atoms with E-state index in [0.717, 1.165) is 46.8 Å². The van der Waals surface area contributed by atoms with Crippen molar-refractivity contribution in [3.05, 3.63) is 27.3 Å². The van der Waals surface area contributed by atoms with E-state index in [4.69, 9.17) is 4.98 Å². The summed E-state index contributed by atoms with van der Waals surface area (Å²) in [5, 5.41) is 12.5. The molecule has 0 unspecified atom stereocenters. The first-order valence-electron chi connectivity index (χ1n) is 7.70. The van der Waals surface area contributed by atoms with Crippen LogP contribution in [0.25, 0.3) is 10.2 Å². The lowest BCUT2D eigenvalue weighted by molar-refractivity contribution is -0.384. The zero-order valence-corrected chi connectivity index (χ0v) is 14.1. The number of hydrogen-bond acceptors (Lipinski definition) is 5. The Balaban J connectivity index is 2.13. The molecule has 1 aliphatic rings. The van der Waals surface area contributed by atoms with Crippen LogP contribution >= 0.6 is 11.3 Å². The molecule has 1 aromatic carbocycles. The highest BCUT2D eigenvalue weighted by molar-refractivity contribution is 7.18. The highest BCUT2D eigenvalue weighted by atomic mass is 32.1. The summed E-state index contributed by atoms with van der Waals surface area (Å²) in [6.45, 7) is 8.13. The Hall–Kier alpha value is -1.69. The highest BCUT2D eigenvalue weighted by Crippen LogP contribution is 2.38. The third kappa shape index (κ3) is 2.79. The zero-order chi connectivity index (χ0) is 15.9. The first-order chi connectivity index (χ1) is 10.4. The number of rotatable bonds is 2. The normalized spacial score (nSPS) is 16.2.